The summed E-state index contributed by atoms with van der Waals surface area (Å²) >= 11 is 11.8. The minimum absolute atomic E-state index is 0.162. The molecule has 5 aliphatic rings. The van der Waals surface area contributed by atoms with Crippen LogP contribution in [0.4, 0.5) is 0 Å². The van der Waals surface area contributed by atoms with Crippen LogP contribution >= 0.6 is 30.9 Å². The molecule has 0 radical (unpaired) electrons. The first-order valence-electron chi connectivity index (χ1n) is 9.03. The lowest BCUT2D eigenvalue weighted by atomic mass is 9.49. The third kappa shape index (κ3) is 2.82. The summed E-state index contributed by atoms with van der Waals surface area (Å²) < 4.78 is 22.0. The molecule has 1 aliphatic heterocycles. The van der Waals surface area contributed by atoms with Gasteiger partial charge in [0.05, 0.1) is 5.60 Å². The van der Waals surface area contributed by atoms with E-state index in [4.69, 9.17) is 27.7 Å². The fourth-order valence-corrected chi connectivity index (χ4v) is 8.96. The van der Waals surface area contributed by atoms with Crippen molar-refractivity contribution in [3.8, 4) is 0 Å². The Morgan fingerprint density at radius 1 is 1.04 bits per heavy atom. The zero-order valence-electron chi connectivity index (χ0n) is 13.6. The van der Waals surface area contributed by atoms with Crippen molar-refractivity contribution in [2.24, 2.45) is 23.7 Å². The lowest BCUT2D eigenvalue weighted by Gasteiger charge is -2.62. The van der Waals surface area contributed by atoms with Gasteiger partial charge in [0.15, 0.2) is 0 Å². The van der Waals surface area contributed by atoms with Crippen molar-refractivity contribution >= 4 is 30.9 Å². The van der Waals surface area contributed by atoms with E-state index < -0.39 is 7.67 Å². The van der Waals surface area contributed by atoms with E-state index in [1.807, 2.05) is 4.67 Å². The molecule has 0 amide bonds. The predicted octanol–water partition coefficient (Wildman–Crippen LogP) is 4.08. The van der Waals surface area contributed by atoms with Crippen LogP contribution in [0.15, 0.2) is 0 Å². The van der Waals surface area contributed by atoms with Gasteiger partial charge in [0.25, 0.3) is 0 Å². The highest BCUT2D eigenvalue weighted by Gasteiger charge is 2.61. The largest absolute Gasteiger partial charge is 0.344 e. The van der Waals surface area contributed by atoms with Gasteiger partial charge in [0.2, 0.25) is 0 Å². The van der Waals surface area contributed by atoms with Gasteiger partial charge in [-0.3, -0.25) is 9.09 Å². The van der Waals surface area contributed by atoms with E-state index in [2.05, 4.69) is 5.09 Å². The van der Waals surface area contributed by atoms with Gasteiger partial charge >= 0.3 is 7.67 Å². The Hall–Kier alpha value is 0.690. The first-order chi connectivity index (χ1) is 11.1. The van der Waals surface area contributed by atoms with Crippen molar-refractivity contribution < 1.29 is 9.09 Å². The number of alkyl halides is 2. The first kappa shape index (κ1) is 17.1. The van der Waals surface area contributed by atoms with Gasteiger partial charge in [-0.05, 0) is 62.2 Å². The molecule has 132 valence electrons. The van der Waals surface area contributed by atoms with E-state index in [1.165, 1.54) is 32.1 Å². The summed E-state index contributed by atoms with van der Waals surface area (Å²) in [6.07, 6.45) is 7.52. The van der Waals surface area contributed by atoms with Crippen LogP contribution in [0.3, 0.4) is 0 Å². The third-order valence-corrected chi connectivity index (χ3v) is 9.39. The highest BCUT2D eigenvalue weighted by atomic mass is 35.5. The molecule has 1 unspecified atom stereocenters. The Labute approximate surface area is 149 Å². The molecule has 7 heteroatoms. The lowest BCUT2D eigenvalue weighted by Crippen LogP contribution is -2.62. The van der Waals surface area contributed by atoms with Crippen molar-refractivity contribution in [3.05, 3.63) is 0 Å². The minimum Gasteiger partial charge on any atom is -0.299 e. The predicted molar refractivity (Wildman–Crippen MR) is 94.1 cm³/mol. The fraction of sp³-hybridized carbons (Fsp3) is 1.00. The highest BCUT2D eigenvalue weighted by Crippen LogP contribution is 2.66. The molecule has 0 aromatic heterocycles. The van der Waals surface area contributed by atoms with Gasteiger partial charge in [-0.15, -0.1) is 23.2 Å². The summed E-state index contributed by atoms with van der Waals surface area (Å²) in [6, 6.07) is 0. The average molecular weight is 381 g/mol. The summed E-state index contributed by atoms with van der Waals surface area (Å²) in [5, 5.41) is 3.19. The van der Waals surface area contributed by atoms with Gasteiger partial charge in [0.1, 0.15) is 0 Å². The van der Waals surface area contributed by atoms with Crippen molar-refractivity contribution in [1.29, 1.82) is 0 Å². The molecular formula is C16H27Cl2N2O2P. The van der Waals surface area contributed by atoms with E-state index in [-0.39, 0.29) is 5.60 Å². The number of nitrogens with zero attached hydrogens (tertiary/aromatic N) is 1. The van der Waals surface area contributed by atoms with Crippen molar-refractivity contribution in [1.82, 2.24) is 9.76 Å². The molecule has 1 saturated heterocycles. The van der Waals surface area contributed by atoms with Gasteiger partial charge in [-0.25, -0.2) is 9.76 Å². The summed E-state index contributed by atoms with van der Waals surface area (Å²) in [5.74, 6) is 3.86. The molecule has 4 nitrogen and oxygen atoms in total. The van der Waals surface area contributed by atoms with Crippen LogP contribution in [0.25, 0.3) is 0 Å². The Morgan fingerprint density at radius 3 is 2.13 bits per heavy atom. The van der Waals surface area contributed by atoms with E-state index in [0.717, 1.165) is 24.8 Å². The summed E-state index contributed by atoms with van der Waals surface area (Å²) in [5.41, 5.74) is -0.162. The summed E-state index contributed by atoms with van der Waals surface area (Å²) in [6.45, 7) is 1.88. The molecule has 4 saturated carbocycles. The quantitative estimate of drug-likeness (QED) is 0.576. The SMILES string of the molecule is O=P1(N(CCCl)CCCl)NCCC2(O1)C1CC3CC(C1)CC2C3. The molecular weight excluding hydrogens is 354 g/mol. The van der Waals surface area contributed by atoms with Crippen LogP contribution in [-0.4, -0.2) is 41.7 Å². The second-order valence-corrected chi connectivity index (χ2v) is 10.7. The topological polar surface area (TPSA) is 41.6 Å². The zero-order valence-corrected chi connectivity index (χ0v) is 16.0. The molecule has 1 N–H and O–H groups in total. The molecule has 1 spiro atoms. The van der Waals surface area contributed by atoms with Crippen LogP contribution in [0.1, 0.15) is 38.5 Å². The summed E-state index contributed by atoms with van der Waals surface area (Å²) in [7, 11) is -3.03. The number of rotatable bonds is 5. The smallest absolute Gasteiger partial charge is 0.299 e. The van der Waals surface area contributed by atoms with E-state index in [0.29, 0.717) is 36.7 Å². The van der Waals surface area contributed by atoms with Crippen LogP contribution in [0, 0.1) is 23.7 Å². The molecule has 4 bridgehead atoms. The Balaban J connectivity index is 1.60. The third-order valence-electron chi connectivity index (χ3n) is 6.70. The number of hydrogen-bond donors (Lipinski definition) is 1. The van der Waals surface area contributed by atoms with Crippen molar-refractivity contribution in [3.63, 3.8) is 0 Å². The normalized spacial score (nSPS) is 48.5. The standard InChI is InChI=1S/C16H27Cl2N2O2P/c17-2-5-20(6-3-18)23(21)19-4-1-16(22-23)14-8-12-7-13(10-14)11-15(16)9-12/h12-15H,1-11H2,(H,19,21). The Kier molecular flexibility index (Phi) is 4.80. The average Bonchev–Trinajstić information content (AvgIpc) is 2.52. The molecule has 4 aliphatic carbocycles. The fourth-order valence-electron chi connectivity index (χ4n) is 5.97. The minimum atomic E-state index is -3.03. The monoisotopic (exact) mass is 380 g/mol. The summed E-state index contributed by atoms with van der Waals surface area (Å²) in [4.78, 5) is 0. The Bertz CT molecular complexity index is 470. The lowest BCUT2D eigenvalue weighted by molar-refractivity contribution is -0.167. The van der Waals surface area contributed by atoms with Gasteiger partial charge in [0, 0.05) is 31.4 Å². The van der Waals surface area contributed by atoms with Gasteiger partial charge in [-0.1, -0.05) is 0 Å². The van der Waals surface area contributed by atoms with Crippen LogP contribution in [-0.2, 0) is 9.09 Å². The zero-order chi connectivity index (χ0) is 16.1. The number of hydrogen-bond acceptors (Lipinski definition) is 2. The van der Waals surface area contributed by atoms with E-state index in [1.54, 1.807) is 0 Å². The Morgan fingerprint density at radius 2 is 1.61 bits per heavy atom. The van der Waals surface area contributed by atoms with Crippen LogP contribution in [0.2, 0.25) is 0 Å². The molecule has 23 heavy (non-hydrogen) atoms. The molecule has 1 atom stereocenters. The maximum atomic E-state index is 13.6. The van der Waals surface area contributed by atoms with Crippen LogP contribution < -0.4 is 5.09 Å². The second-order valence-electron chi connectivity index (χ2n) is 7.86. The molecule has 5 rings (SSSR count). The molecule has 1 heterocycles. The number of halogens is 2. The van der Waals surface area contributed by atoms with Gasteiger partial charge < -0.3 is 0 Å². The second kappa shape index (κ2) is 6.45. The van der Waals surface area contributed by atoms with Gasteiger partial charge in [-0.2, -0.15) is 0 Å². The molecule has 5 fully saturated rings. The van der Waals surface area contributed by atoms with E-state index in [9.17, 15) is 4.57 Å². The maximum Gasteiger partial charge on any atom is 0.344 e. The van der Waals surface area contributed by atoms with Crippen LogP contribution in [0.5, 0.6) is 0 Å². The number of nitrogens with one attached hydrogen (secondary N) is 1. The van der Waals surface area contributed by atoms with E-state index >= 15 is 0 Å². The highest BCUT2D eigenvalue weighted by molar-refractivity contribution is 7.54. The maximum absolute atomic E-state index is 13.6. The van der Waals surface area contributed by atoms with Crippen molar-refractivity contribution in [2.45, 2.75) is 44.1 Å². The first-order valence-corrected chi connectivity index (χ1v) is 11.7. The molecule has 0 aromatic rings. The van der Waals surface area contributed by atoms with Crippen molar-refractivity contribution in [2.75, 3.05) is 31.4 Å². The molecule has 0 aromatic carbocycles.